The number of nitrogens with one attached hydrogen (secondary N) is 1. The van der Waals surface area contributed by atoms with Crippen LogP contribution in [0.4, 0.5) is 0 Å². The van der Waals surface area contributed by atoms with Crippen LogP contribution in [0.1, 0.15) is 34.1 Å². The van der Waals surface area contributed by atoms with Gasteiger partial charge in [0.1, 0.15) is 11.6 Å². The molecule has 0 heterocycles. The van der Waals surface area contributed by atoms with Crippen molar-refractivity contribution in [1.82, 2.24) is 5.32 Å². The molecule has 0 aliphatic carbocycles. The third kappa shape index (κ3) is 7.28. The molecular weight excluding hydrogens is 256 g/mol. The fraction of sp³-hybridized carbons (Fsp3) is 0.643. The Hall–Kier alpha value is -1.37. The van der Waals surface area contributed by atoms with Gasteiger partial charge >= 0.3 is 0 Å². The predicted molar refractivity (Wildman–Crippen MR) is 83.0 cm³/mol. The van der Waals surface area contributed by atoms with E-state index in [0.717, 1.165) is 18.6 Å². The highest BCUT2D eigenvalue weighted by Crippen LogP contribution is 2.10. The van der Waals surface area contributed by atoms with E-state index in [2.05, 4.69) is 28.8 Å². The van der Waals surface area contributed by atoms with Crippen LogP contribution in [0.5, 0.6) is 0 Å². The molecule has 2 unspecified atom stereocenters. The predicted octanol–water partition coefficient (Wildman–Crippen LogP) is 1.44. The average Bonchev–Trinajstić information content (AvgIpc) is 2.43. The van der Waals surface area contributed by atoms with E-state index in [1.807, 2.05) is 13.8 Å². The number of nitrogens with zero attached hydrogens (tertiary/aromatic N) is 1. The Balaban J connectivity index is 4.69. The lowest BCUT2D eigenvalue weighted by Crippen LogP contribution is -2.30. The molecule has 0 aromatic carbocycles. The van der Waals surface area contributed by atoms with E-state index < -0.39 is 0 Å². The molecule has 20 heavy (non-hydrogen) atoms. The van der Waals surface area contributed by atoms with Crippen LogP contribution in [0, 0.1) is 0 Å². The molecule has 0 saturated carbocycles. The monoisotopic (exact) mass is 284 g/mol. The topological polar surface area (TPSA) is 94.9 Å². The van der Waals surface area contributed by atoms with Gasteiger partial charge in [0.15, 0.2) is 0 Å². The molecule has 5 N–H and O–H groups in total. The van der Waals surface area contributed by atoms with Crippen molar-refractivity contribution < 1.29 is 9.57 Å². The van der Waals surface area contributed by atoms with Crippen molar-refractivity contribution in [2.24, 2.45) is 16.6 Å². The molecule has 0 aromatic rings. The number of hydrogen-bond donors (Lipinski definition) is 3. The maximum atomic E-state index is 6.05. The van der Waals surface area contributed by atoms with Crippen LogP contribution in [0.3, 0.4) is 0 Å². The minimum absolute atomic E-state index is 0.222. The molecule has 0 fully saturated rings. The van der Waals surface area contributed by atoms with Gasteiger partial charge in [-0.25, -0.2) is 4.99 Å². The third-order valence-corrected chi connectivity index (χ3v) is 2.91. The summed E-state index contributed by atoms with van der Waals surface area (Å²) in [7, 11) is 0. The van der Waals surface area contributed by atoms with Crippen molar-refractivity contribution in [1.29, 1.82) is 0 Å². The second kappa shape index (κ2) is 10.4. The zero-order valence-corrected chi connectivity index (χ0v) is 13.0. The van der Waals surface area contributed by atoms with Gasteiger partial charge in [0, 0.05) is 19.3 Å². The van der Waals surface area contributed by atoms with Gasteiger partial charge in [0.2, 0.25) is 0 Å². The summed E-state index contributed by atoms with van der Waals surface area (Å²) >= 11 is 0. The first kappa shape index (κ1) is 18.6. The lowest BCUT2D eigenvalue weighted by atomic mass is 10.1. The second-order valence-electron chi connectivity index (χ2n) is 4.64. The van der Waals surface area contributed by atoms with Crippen LogP contribution in [0.25, 0.3) is 0 Å². The first-order chi connectivity index (χ1) is 9.46. The Morgan fingerprint density at radius 1 is 1.45 bits per heavy atom. The molecule has 0 saturated heterocycles. The summed E-state index contributed by atoms with van der Waals surface area (Å²) in [5.41, 5.74) is 6.92. The summed E-state index contributed by atoms with van der Waals surface area (Å²) in [5.74, 6) is 6.32. The van der Waals surface area contributed by atoms with Gasteiger partial charge in [-0.1, -0.05) is 0 Å². The van der Waals surface area contributed by atoms with Gasteiger partial charge in [0.05, 0.1) is 6.04 Å². The highest BCUT2D eigenvalue weighted by Gasteiger charge is 2.11. The zero-order valence-electron chi connectivity index (χ0n) is 13.0. The van der Waals surface area contributed by atoms with Gasteiger partial charge in [-0.15, -0.1) is 0 Å². The van der Waals surface area contributed by atoms with E-state index in [1.165, 1.54) is 0 Å². The molecule has 116 valence electrons. The number of hydrogen-bond acceptors (Lipinski definition) is 6. The van der Waals surface area contributed by atoms with Gasteiger partial charge in [-0.3, -0.25) is 0 Å². The summed E-state index contributed by atoms with van der Waals surface area (Å²) in [6.45, 7) is 12.7. The van der Waals surface area contributed by atoms with E-state index in [4.69, 9.17) is 16.4 Å². The van der Waals surface area contributed by atoms with Gasteiger partial charge < -0.3 is 20.6 Å². The molecule has 2 atom stereocenters. The molecule has 0 rings (SSSR count). The van der Waals surface area contributed by atoms with Crippen LogP contribution in [-0.4, -0.2) is 32.0 Å². The lowest BCUT2D eigenvalue weighted by molar-refractivity contribution is 0.139. The van der Waals surface area contributed by atoms with Crippen molar-refractivity contribution in [2.45, 2.75) is 46.2 Å². The van der Waals surface area contributed by atoms with Crippen LogP contribution in [-0.2, 0) is 9.57 Å². The summed E-state index contributed by atoms with van der Waals surface area (Å²) in [6.07, 6.45) is 2.61. The maximum absolute atomic E-state index is 6.05. The number of aliphatic imine (C=N–C) groups is 1. The standard InChI is InChI=1S/C14H28N4O2/c1-6-19-8-7-10(2)18-14(17-5)12(4)13(15)9-11(3)20-16/h9-10,13,18H,5-8,15-16H2,1-4H3/b11-9+,14-12+. The SMILES string of the molecule is C=N/C(NC(C)CCOCC)=C(/C)C(N)/C=C(\C)ON. The van der Waals surface area contributed by atoms with E-state index in [0.29, 0.717) is 18.2 Å². The number of rotatable bonds is 10. The molecule has 6 heteroatoms. The fourth-order valence-corrected chi connectivity index (χ4v) is 1.57. The average molecular weight is 284 g/mol. The van der Waals surface area contributed by atoms with E-state index in [1.54, 1.807) is 13.0 Å². The Morgan fingerprint density at radius 3 is 2.60 bits per heavy atom. The smallest absolute Gasteiger partial charge is 0.126 e. The summed E-state index contributed by atoms with van der Waals surface area (Å²) in [6, 6.07) is -0.106. The quantitative estimate of drug-likeness (QED) is 0.244. The first-order valence-electron chi connectivity index (χ1n) is 6.78. The molecule has 0 aliphatic rings. The minimum atomic E-state index is -0.328. The van der Waals surface area contributed by atoms with Crippen molar-refractivity contribution in [3.8, 4) is 0 Å². The molecule has 0 aliphatic heterocycles. The van der Waals surface area contributed by atoms with E-state index >= 15 is 0 Å². The van der Waals surface area contributed by atoms with Crippen LogP contribution < -0.4 is 16.9 Å². The third-order valence-electron chi connectivity index (χ3n) is 2.91. The molecule has 0 aromatic heterocycles. The summed E-state index contributed by atoms with van der Waals surface area (Å²) < 4.78 is 5.33. The normalized spacial score (nSPS) is 16.2. The molecule has 0 radical (unpaired) electrons. The Labute approximate surface area is 121 Å². The number of nitrogens with two attached hydrogens (primary N) is 2. The molecular formula is C14H28N4O2. The minimum Gasteiger partial charge on any atom is -0.417 e. The Kier molecular flexibility index (Phi) is 9.71. The molecule has 0 bridgehead atoms. The highest BCUT2D eigenvalue weighted by molar-refractivity contribution is 5.32. The first-order valence-corrected chi connectivity index (χ1v) is 6.78. The van der Waals surface area contributed by atoms with E-state index in [9.17, 15) is 0 Å². The largest absolute Gasteiger partial charge is 0.417 e. The second-order valence-corrected chi connectivity index (χ2v) is 4.64. The van der Waals surface area contributed by atoms with Crippen LogP contribution >= 0.6 is 0 Å². The van der Waals surface area contributed by atoms with Crippen molar-refractivity contribution in [3.63, 3.8) is 0 Å². The Bertz CT molecular complexity index is 353. The highest BCUT2D eigenvalue weighted by atomic mass is 16.6. The van der Waals surface area contributed by atoms with Crippen molar-refractivity contribution >= 4 is 6.72 Å². The van der Waals surface area contributed by atoms with Gasteiger partial charge in [0.25, 0.3) is 0 Å². The fourth-order valence-electron chi connectivity index (χ4n) is 1.57. The van der Waals surface area contributed by atoms with Crippen LogP contribution in [0.2, 0.25) is 0 Å². The summed E-state index contributed by atoms with van der Waals surface area (Å²) in [5, 5.41) is 3.29. The van der Waals surface area contributed by atoms with Crippen molar-refractivity contribution in [2.75, 3.05) is 13.2 Å². The number of allylic oxidation sites excluding steroid dienone is 1. The molecule has 6 nitrogen and oxygen atoms in total. The molecule has 0 spiro atoms. The van der Waals surface area contributed by atoms with E-state index in [-0.39, 0.29) is 12.1 Å². The van der Waals surface area contributed by atoms with Gasteiger partial charge in [-0.2, -0.15) is 5.90 Å². The lowest BCUT2D eigenvalue weighted by Gasteiger charge is -2.19. The van der Waals surface area contributed by atoms with Crippen molar-refractivity contribution in [3.05, 3.63) is 23.2 Å². The Morgan fingerprint density at radius 2 is 2.10 bits per heavy atom. The zero-order chi connectivity index (χ0) is 15.5. The number of ether oxygens (including phenoxy) is 1. The molecule has 0 amide bonds. The van der Waals surface area contributed by atoms with Gasteiger partial charge in [-0.05, 0) is 52.5 Å². The maximum Gasteiger partial charge on any atom is 0.126 e. The summed E-state index contributed by atoms with van der Waals surface area (Å²) in [4.78, 5) is 8.61. The van der Waals surface area contributed by atoms with Crippen LogP contribution in [0.15, 0.2) is 28.2 Å².